The lowest BCUT2D eigenvalue weighted by atomic mass is 9.69. The molecule has 0 spiro atoms. The average Bonchev–Trinajstić information content (AvgIpc) is 2.87. The van der Waals surface area contributed by atoms with Crippen molar-refractivity contribution < 1.29 is 18.7 Å². The summed E-state index contributed by atoms with van der Waals surface area (Å²) in [5, 5.41) is 0. The van der Waals surface area contributed by atoms with Crippen LogP contribution in [0.4, 0.5) is 14.9 Å². The number of alkyl halides is 1. The van der Waals surface area contributed by atoms with E-state index in [0.717, 1.165) is 41.6 Å². The normalized spacial score (nSPS) is 22.6. The number of piperidine rings is 2. The molecule has 0 bridgehead atoms. The van der Waals surface area contributed by atoms with Crippen LogP contribution in [0.2, 0.25) is 0 Å². The summed E-state index contributed by atoms with van der Waals surface area (Å²) in [6.07, 6.45) is 3.05. The molecular formula is C29H37ClFN3O3. The third kappa shape index (κ3) is 5.57. The number of halogens is 2. The van der Waals surface area contributed by atoms with Gasteiger partial charge in [-0.3, -0.25) is 4.79 Å². The molecule has 2 aliphatic rings. The van der Waals surface area contributed by atoms with Gasteiger partial charge in [-0.25, -0.2) is 9.18 Å². The highest BCUT2D eigenvalue weighted by Gasteiger charge is 2.59. The molecule has 2 atom stereocenters. The number of primary amides is 1. The van der Waals surface area contributed by atoms with Gasteiger partial charge >= 0.3 is 6.09 Å². The Bertz CT molecular complexity index is 1150. The van der Waals surface area contributed by atoms with E-state index in [-0.39, 0.29) is 17.6 Å². The number of hydrogen-bond donors (Lipinski definition) is 1. The molecule has 2 amide bonds. The Morgan fingerprint density at radius 1 is 1.05 bits per heavy atom. The molecule has 0 aliphatic carbocycles. The fourth-order valence-corrected chi connectivity index (χ4v) is 6.41. The van der Waals surface area contributed by atoms with E-state index >= 15 is 0 Å². The van der Waals surface area contributed by atoms with Gasteiger partial charge in [0.2, 0.25) is 5.60 Å². The van der Waals surface area contributed by atoms with Gasteiger partial charge in [0.1, 0.15) is 5.82 Å². The number of carbonyl (C=O) groups is 2. The number of amides is 2. The summed E-state index contributed by atoms with van der Waals surface area (Å²) in [5.74, 6) is -0.239. The monoisotopic (exact) mass is 529 g/mol. The summed E-state index contributed by atoms with van der Waals surface area (Å²) in [6, 6.07) is 11.9. The highest BCUT2D eigenvalue weighted by atomic mass is 35.5. The first-order valence-electron chi connectivity index (χ1n) is 13.1. The Morgan fingerprint density at radius 2 is 1.76 bits per heavy atom. The molecule has 200 valence electrons. The lowest BCUT2D eigenvalue weighted by Crippen LogP contribution is -2.70. The van der Waals surface area contributed by atoms with Gasteiger partial charge in [-0.1, -0.05) is 39.0 Å². The number of anilines is 1. The second-order valence-corrected chi connectivity index (χ2v) is 11.5. The number of nitrogens with zero attached hydrogens (tertiary/aromatic N) is 2. The maximum absolute atomic E-state index is 14.2. The highest BCUT2D eigenvalue weighted by molar-refractivity contribution is 6.17. The van der Waals surface area contributed by atoms with Crippen LogP contribution < -0.4 is 10.6 Å². The number of benzene rings is 2. The van der Waals surface area contributed by atoms with Crippen LogP contribution in [0.25, 0.3) is 11.1 Å². The Balaban J connectivity index is 1.81. The molecular weight excluding hydrogens is 493 g/mol. The Morgan fingerprint density at radius 3 is 2.38 bits per heavy atom. The molecule has 6 nitrogen and oxygen atoms in total. The first kappa shape index (κ1) is 27.2. The van der Waals surface area contributed by atoms with E-state index in [1.807, 2.05) is 29.2 Å². The highest BCUT2D eigenvalue weighted by Crippen LogP contribution is 2.46. The van der Waals surface area contributed by atoms with E-state index in [0.29, 0.717) is 32.5 Å². The molecule has 37 heavy (non-hydrogen) atoms. The SMILES string of the molecule is CC(C)(C)C1N(c2ccc(-c3cccc(F)c3)cc2CCl)CCCC1(OC(N)=O)C(=O)N1CCCCC1. The van der Waals surface area contributed by atoms with Crippen molar-refractivity contribution in [2.45, 2.75) is 70.4 Å². The number of nitrogens with two attached hydrogens (primary N) is 1. The van der Waals surface area contributed by atoms with Crippen molar-refractivity contribution in [1.82, 2.24) is 4.90 Å². The minimum absolute atomic E-state index is 0.167. The number of likely N-dealkylation sites (tertiary alicyclic amines) is 1. The van der Waals surface area contributed by atoms with Crippen LogP contribution in [0.15, 0.2) is 42.5 Å². The molecule has 2 fully saturated rings. The molecule has 4 rings (SSSR count). The number of carbonyl (C=O) groups excluding carboxylic acids is 2. The van der Waals surface area contributed by atoms with Crippen molar-refractivity contribution in [3.8, 4) is 11.1 Å². The molecule has 0 saturated carbocycles. The summed E-state index contributed by atoms with van der Waals surface area (Å²) < 4.78 is 19.8. The zero-order chi connectivity index (χ0) is 26.8. The first-order valence-corrected chi connectivity index (χ1v) is 13.6. The maximum atomic E-state index is 14.2. The molecule has 8 heteroatoms. The zero-order valence-electron chi connectivity index (χ0n) is 21.9. The van der Waals surface area contributed by atoms with E-state index in [2.05, 4.69) is 25.7 Å². The van der Waals surface area contributed by atoms with Gasteiger partial charge in [0, 0.05) is 37.6 Å². The van der Waals surface area contributed by atoms with Crippen LogP contribution in [0.1, 0.15) is 58.4 Å². The fourth-order valence-electron chi connectivity index (χ4n) is 6.19. The lowest BCUT2D eigenvalue weighted by molar-refractivity contribution is -0.161. The standard InChI is InChI=1S/C29H37ClFN3O3/c1-28(2,3)25-29(37-27(32)36,26(35)33-14-5-4-6-15-33)13-8-16-34(25)24-12-11-21(17-22(24)19-30)20-9-7-10-23(31)18-20/h7,9-12,17-18,25H,4-6,8,13-16,19H2,1-3H3,(H2,32,36). The maximum Gasteiger partial charge on any atom is 0.405 e. The molecule has 0 radical (unpaired) electrons. The van der Waals surface area contributed by atoms with Gasteiger partial charge in [0.15, 0.2) is 0 Å². The first-order chi connectivity index (χ1) is 17.6. The quantitative estimate of drug-likeness (QED) is 0.475. The van der Waals surface area contributed by atoms with Crippen molar-refractivity contribution >= 4 is 29.3 Å². The average molecular weight is 530 g/mol. The van der Waals surface area contributed by atoms with E-state index < -0.39 is 23.2 Å². The number of hydrogen-bond acceptors (Lipinski definition) is 4. The Labute approximate surface area is 223 Å². The van der Waals surface area contributed by atoms with Crippen molar-refractivity contribution in [3.05, 3.63) is 53.8 Å². The van der Waals surface area contributed by atoms with Gasteiger partial charge in [0.05, 0.1) is 6.04 Å². The van der Waals surface area contributed by atoms with Crippen LogP contribution >= 0.6 is 11.6 Å². The van der Waals surface area contributed by atoms with Crippen molar-refractivity contribution in [2.24, 2.45) is 11.1 Å². The van der Waals surface area contributed by atoms with Gasteiger partial charge in [-0.2, -0.15) is 0 Å². The molecule has 2 saturated heterocycles. The Hall–Kier alpha value is -2.80. The molecule has 0 aromatic heterocycles. The summed E-state index contributed by atoms with van der Waals surface area (Å²) in [5.41, 5.74) is 7.10. The van der Waals surface area contributed by atoms with E-state index in [1.54, 1.807) is 6.07 Å². The van der Waals surface area contributed by atoms with Gasteiger partial charge in [-0.15, -0.1) is 11.6 Å². The number of rotatable bonds is 5. The third-order valence-electron chi connectivity index (χ3n) is 7.50. The van der Waals surface area contributed by atoms with Gasteiger partial charge in [0.25, 0.3) is 5.91 Å². The lowest BCUT2D eigenvalue weighted by Gasteiger charge is -2.55. The summed E-state index contributed by atoms with van der Waals surface area (Å²) in [4.78, 5) is 30.5. The minimum atomic E-state index is -1.41. The summed E-state index contributed by atoms with van der Waals surface area (Å²) in [7, 11) is 0. The fraction of sp³-hybridized carbons (Fsp3) is 0.517. The molecule has 2 N–H and O–H groups in total. The predicted molar refractivity (Wildman–Crippen MR) is 145 cm³/mol. The molecule has 2 aromatic rings. The van der Waals surface area contributed by atoms with Crippen LogP contribution in [-0.4, -0.2) is 48.2 Å². The van der Waals surface area contributed by atoms with Gasteiger partial charge in [-0.05, 0) is 72.1 Å². The molecule has 2 aromatic carbocycles. The third-order valence-corrected chi connectivity index (χ3v) is 7.79. The van der Waals surface area contributed by atoms with Crippen molar-refractivity contribution in [1.29, 1.82) is 0 Å². The second-order valence-electron chi connectivity index (χ2n) is 11.2. The second kappa shape index (κ2) is 10.9. The predicted octanol–water partition coefficient (Wildman–Crippen LogP) is 6.09. The van der Waals surface area contributed by atoms with E-state index in [9.17, 15) is 14.0 Å². The topological polar surface area (TPSA) is 75.9 Å². The summed E-state index contributed by atoms with van der Waals surface area (Å²) in [6.45, 7) is 8.13. The van der Waals surface area contributed by atoms with Crippen LogP contribution in [0.3, 0.4) is 0 Å². The summed E-state index contributed by atoms with van der Waals surface area (Å²) >= 11 is 6.46. The Kier molecular flexibility index (Phi) is 8.02. The van der Waals surface area contributed by atoms with Crippen LogP contribution in [0, 0.1) is 11.2 Å². The number of ether oxygens (including phenoxy) is 1. The van der Waals surface area contributed by atoms with E-state index in [4.69, 9.17) is 22.1 Å². The zero-order valence-corrected chi connectivity index (χ0v) is 22.7. The smallest absolute Gasteiger partial charge is 0.405 e. The van der Waals surface area contributed by atoms with Crippen molar-refractivity contribution in [2.75, 3.05) is 24.5 Å². The molecule has 2 aliphatic heterocycles. The van der Waals surface area contributed by atoms with Crippen LogP contribution in [0.5, 0.6) is 0 Å². The van der Waals surface area contributed by atoms with Gasteiger partial charge < -0.3 is 20.3 Å². The molecule has 2 unspecified atom stereocenters. The molecule has 2 heterocycles. The van der Waals surface area contributed by atoms with Crippen LogP contribution in [-0.2, 0) is 15.4 Å². The largest absolute Gasteiger partial charge is 0.431 e. The van der Waals surface area contributed by atoms with E-state index in [1.165, 1.54) is 12.1 Å². The minimum Gasteiger partial charge on any atom is -0.431 e. The van der Waals surface area contributed by atoms with Crippen molar-refractivity contribution in [3.63, 3.8) is 0 Å².